The van der Waals surface area contributed by atoms with Crippen molar-refractivity contribution in [2.75, 3.05) is 6.61 Å². The van der Waals surface area contributed by atoms with Crippen LogP contribution < -0.4 is 0 Å². The highest BCUT2D eigenvalue weighted by Crippen LogP contribution is 2.44. The first-order valence-electron chi connectivity index (χ1n) is 10.5. The summed E-state index contributed by atoms with van der Waals surface area (Å²) in [5.74, 6) is -1.19. The number of benzene rings is 3. The highest BCUT2D eigenvalue weighted by atomic mass is 79.9. The minimum absolute atomic E-state index is 0.0867. The number of carboxylic acids is 1. The molecule has 3 aromatic rings. The first-order chi connectivity index (χ1) is 15.4. The van der Waals surface area contributed by atoms with E-state index in [4.69, 9.17) is 4.74 Å². The van der Waals surface area contributed by atoms with Gasteiger partial charge in [0.1, 0.15) is 6.61 Å². The second-order valence-electron chi connectivity index (χ2n) is 8.10. The number of nitrogens with zero attached hydrogens (tertiary/aromatic N) is 1. The molecule has 0 saturated heterocycles. The topological polar surface area (TPSA) is 66.8 Å². The molecule has 0 radical (unpaired) electrons. The number of hydrogen-bond acceptors (Lipinski definition) is 3. The van der Waals surface area contributed by atoms with E-state index in [1.165, 1.54) is 4.90 Å². The van der Waals surface area contributed by atoms with Crippen LogP contribution >= 0.6 is 15.9 Å². The Morgan fingerprint density at radius 3 is 1.97 bits per heavy atom. The Balaban J connectivity index is 1.59. The minimum Gasteiger partial charge on any atom is -0.479 e. The van der Waals surface area contributed by atoms with Crippen LogP contribution in [0.5, 0.6) is 0 Å². The van der Waals surface area contributed by atoms with Crippen molar-refractivity contribution in [2.45, 2.75) is 31.8 Å². The molecule has 0 aromatic heterocycles. The maximum atomic E-state index is 13.2. The summed E-state index contributed by atoms with van der Waals surface area (Å²) in [6.07, 6.45) is -0.641. The van der Waals surface area contributed by atoms with E-state index < -0.39 is 18.1 Å². The van der Waals surface area contributed by atoms with E-state index in [1.807, 2.05) is 24.3 Å². The molecule has 164 valence electrons. The van der Waals surface area contributed by atoms with Crippen LogP contribution in [0.3, 0.4) is 0 Å². The maximum Gasteiger partial charge on any atom is 0.411 e. The predicted octanol–water partition coefficient (Wildman–Crippen LogP) is 6.23. The molecule has 0 fully saturated rings. The number of amides is 1. The average Bonchev–Trinajstić information content (AvgIpc) is 3.10. The van der Waals surface area contributed by atoms with Gasteiger partial charge in [-0.3, -0.25) is 4.90 Å². The summed E-state index contributed by atoms with van der Waals surface area (Å²) >= 11 is 3.36. The molecule has 0 saturated carbocycles. The predicted molar refractivity (Wildman–Crippen MR) is 127 cm³/mol. The number of aliphatic carboxylic acids is 1. The van der Waals surface area contributed by atoms with Gasteiger partial charge in [0.25, 0.3) is 0 Å². The molecule has 1 amide bonds. The van der Waals surface area contributed by atoms with Crippen LogP contribution in [0.2, 0.25) is 0 Å². The summed E-state index contributed by atoms with van der Waals surface area (Å²) < 4.78 is 6.59. The highest BCUT2D eigenvalue weighted by molar-refractivity contribution is 9.10. The second kappa shape index (κ2) is 9.17. The van der Waals surface area contributed by atoms with Gasteiger partial charge in [0, 0.05) is 16.4 Å². The Kier molecular flexibility index (Phi) is 6.33. The summed E-state index contributed by atoms with van der Waals surface area (Å²) in [7, 11) is 0. The molecule has 0 heterocycles. The SMILES string of the molecule is CC(C)N(C(=O)OCC1c2ccccc2-c2ccccc21)C(C(=O)O)c1ccc(Br)cc1. The van der Waals surface area contributed by atoms with Gasteiger partial charge in [-0.1, -0.05) is 76.6 Å². The van der Waals surface area contributed by atoms with E-state index in [0.29, 0.717) is 5.56 Å². The smallest absolute Gasteiger partial charge is 0.411 e. The van der Waals surface area contributed by atoms with Gasteiger partial charge in [-0.05, 0) is 53.8 Å². The molecule has 6 heteroatoms. The number of carbonyl (C=O) groups is 2. The van der Waals surface area contributed by atoms with Crippen molar-refractivity contribution in [3.05, 3.63) is 94.0 Å². The zero-order valence-electron chi connectivity index (χ0n) is 17.9. The third kappa shape index (κ3) is 4.15. The highest BCUT2D eigenvalue weighted by Gasteiger charge is 2.36. The van der Waals surface area contributed by atoms with Gasteiger partial charge in [-0.2, -0.15) is 0 Å². The van der Waals surface area contributed by atoms with Crippen LogP contribution in [-0.4, -0.2) is 34.7 Å². The van der Waals surface area contributed by atoms with Crippen molar-refractivity contribution in [2.24, 2.45) is 0 Å². The molecule has 1 unspecified atom stereocenters. The Hall–Kier alpha value is -3.12. The zero-order chi connectivity index (χ0) is 22.8. The van der Waals surface area contributed by atoms with Gasteiger partial charge in [0.05, 0.1) is 0 Å². The van der Waals surface area contributed by atoms with E-state index in [9.17, 15) is 14.7 Å². The van der Waals surface area contributed by atoms with Gasteiger partial charge >= 0.3 is 12.1 Å². The van der Waals surface area contributed by atoms with Gasteiger partial charge in [0.15, 0.2) is 6.04 Å². The zero-order valence-corrected chi connectivity index (χ0v) is 19.5. The Bertz CT molecular complexity index is 1100. The summed E-state index contributed by atoms with van der Waals surface area (Å²) in [6, 6.07) is 21.6. The number of carboxylic acid groups (broad SMARTS) is 1. The normalized spacial score (nSPS) is 13.4. The fraction of sp³-hybridized carbons (Fsp3) is 0.231. The van der Waals surface area contributed by atoms with Crippen molar-refractivity contribution < 1.29 is 19.4 Å². The molecule has 0 spiro atoms. The number of hydrogen-bond donors (Lipinski definition) is 1. The third-order valence-corrected chi connectivity index (χ3v) is 6.33. The van der Waals surface area contributed by atoms with Crippen LogP contribution in [0.4, 0.5) is 4.79 Å². The first-order valence-corrected chi connectivity index (χ1v) is 11.3. The molecule has 0 aliphatic heterocycles. The van der Waals surface area contributed by atoms with Crippen LogP contribution in [0.1, 0.15) is 42.5 Å². The minimum atomic E-state index is -1.14. The van der Waals surface area contributed by atoms with Crippen molar-refractivity contribution >= 4 is 28.0 Å². The quantitative estimate of drug-likeness (QED) is 0.441. The Labute approximate surface area is 195 Å². The second-order valence-corrected chi connectivity index (χ2v) is 9.01. The molecule has 32 heavy (non-hydrogen) atoms. The van der Waals surface area contributed by atoms with Crippen LogP contribution in [0.15, 0.2) is 77.3 Å². The number of fused-ring (bicyclic) bond motifs is 3. The van der Waals surface area contributed by atoms with E-state index >= 15 is 0 Å². The number of carbonyl (C=O) groups excluding carboxylic acids is 1. The molecule has 1 N–H and O–H groups in total. The van der Waals surface area contributed by atoms with Crippen LogP contribution in [-0.2, 0) is 9.53 Å². The number of rotatable bonds is 6. The lowest BCUT2D eigenvalue weighted by atomic mass is 9.98. The molecule has 0 bridgehead atoms. The number of halogens is 1. The molecular formula is C26H24BrNO4. The molecule has 1 aliphatic carbocycles. The fourth-order valence-corrected chi connectivity index (χ4v) is 4.61. The molecule has 1 atom stereocenters. The van der Waals surface area contributed by atoms with Crippen LogP contribution in [0.25, 0.3) is 11.1 Å². The molecular weight excluding hydrogens is 470 g/mol. The monoisotopic (exact) mass is 493 g/mol. The lowest BCUT2D eigenvalue weighted by Crippen LogP contribution is -2.44. The lowest BCUT2D eigenvalue weighted by molar-refractivity contribution is -0.143. The van der Waals surface area contributed by atoms with Gasteiger partial charge < -0.3 is 9.84 Å². The largest absolute Gasteiger partial charge is 0.479 e. The Morgan fingerprint density at radius 1 is 0.938 bits per heavy atom. The number of ether oxygens (including phenoxy) is 1. The molecule has 1 aliphatic rings. The summed E-state index contributed by atoms with van der Waals surface area (Å²) in [5.41, 5.74) is 5.02. The van der Waals surface area contributed by atoms with Crippen molar-refractivity contribution in [3.8, 4) is 11.1 Å². The maximum absolute atomic E-state index is 13.2. The standard InChI is InChI=1S/C26H24BrNO4/c1-16(2)28(24(25(29)30)17-11-13-18(27)14-12-17)26(31)32-15-23-21-9-5-3-7-19(21)20-8-4-6-10-22(20)23/h3-14,16,23-24H,15H2,1-2H3,(H,29,30). The summed E-state index contributed by atoms with van der Waals surface area (Å²) in [4.78, 5) is 26.6. The molecule has 5 nitrogen and oxygen atoms in total. The van der Waals surface area contributed by atoms with Crippen molar-refractivity contribution in [1.29, 1.82) is 0 Å². The molecule has 3 aromatic carbocycles. The van der Waals surface area contributed by atoms with Gasteiger partial charge in [-0.15, -0.1) is 0 Å². The third-order valence-electron chi connectivity index (χ3n) is 5.80. The van der Waals surface area contributed by atoms with Crippen molar-refractivity contribution in [1.82, 2.24) is 4.90 Å². The fourth-order valence-electron chi connectivity index (χ4n) is 4.35. The summed E-state index contributed by atoms with van der Waals surface area (Å²) in [5, 5.41) is 9.94. The van der Waals surface area contributed by atoms with Crippen molar-refractivity contribution in [3.63, 3.8) is 0 Å². The molecule has 4 rings (SSSR count). The van der Waals surface area contributed by atoms with E-state index in [0.717, 1.165) is 26.7 Å². The first kappa shape index (κ1) is 22.1. The van der Waals surface area contributed by atoms with E-state index in [2.05, 4.69) is 40.2 Å². The van der Waals surface area contributed by atoms with E-state index in [-0.39, 0.29) is 18.6 Å². The lowest BCUT2D eigenvalue weighted by Gasteiger charge is -2.32. The van der Waals surface area contributed by atoms with E-state index in [1.54, 1.807) is 38.1 Å². The van der Waals surface area contributed by atoms with Gasteiger partial charge in [0.2, 0.25) is 0 Å². The average molecular weight is 494 g/mol. The van der Waals surface area contributed by atoms with Crippen LogP contribution in [0, 0.1) is 0 Å². The Morgan fingerprint density at radius 2 is 1.47 bits per heavy atom. The van der Waals surface area contributed by atoms with Gasteiger partial charge in [-0.25, -0.2) is 9.59 Å². The summed E-state index contributed by atoms with van der Waals surface area (Å²) in [6.45, 7) is 3.72.